The summed E-state index contributed by atoms with van der Waals surface area (Å²) >= 11 is 0. The molecule has 1 rings (SSSR count). The van der Waals surface area contributed by atoms with Crippen LogP contribution < -0.4 is 0 Å². The minimum Gasteiger partial charge on any atom is -0.393 e. The van der Waals surface area contributed by atoms with Crippen molar-refractivity contribution >= 4 is 0 Å². The van der Waals surface area contributed by atoms with Crippen molar-refractivity contribution in [3.8, 4) is 0 Å². The molecule has 13 heavy (non-hydrogen) atoms. The molecular formula is C12H20O. The average molecular weight is 180 g/mol. The number of aliphatic hydroxyl groups is 1. The van der Waals surface area contributed by atoms with E-state index in [-0.39, 0.29) is 6.10 Å². The largest absolute Gasteiger partial charge is 0.393 e. The first-order valence-electron chi connectivity index (χ1n) is 5.20. The van der Waals surface area contributed by atoms with Crippen LogP contribution in [0.2, 0.25) is 0 Å². The Morgan fingerprint density at radius 1 is 1.31 bits per heavy atom. The van der Waals surface area contributed by atoms with Crippen LogP contribution in [0.15, 0.2) is 23.8 Å². The van der Waals surface area contributed by atoms with Gasteiger partial charge in [0.15, 0.2) is 0 Å². The summed E-state index contributed by atoms with van der Waals surface area (Å²) in [4.78, 5) is 0. The molecule has 2 atom stereocenters. The molecule has 1 N–H and O–H groups in total. The van der Waals surface area contributed by atoms with E-state index in [4.69, 9.17) is 0 Å². The summed E-state index contributed by atoms with van der Waals surface area (Å²) in [5.74, 6) is 0.705. The Balaban J connectivity index is 2.58. The number of allylic oxidation sites excluding steroid dienone is 3. The van der Waals surface area contributed by atoms with E-state index in [1.54, 1.807) is 0 Å². The maximum absolute atomic E-state index is 9.56. The molecular weight excluding hydrogens is 160 g/mol. The van der Waals surface area contributed by atoms with Gasteiger partial charge in [0.25, 0.3) is 0 Å². The molecule has 0 aromatic rings. The molecule has 0 aromatic heterocycles. The smallest absolute Gasteiger partial charge is 0.0574 e. The lowest BCUT2D eigenvalue weighted by atomic mass is 9.96. The molecule has 2 unspecified atom stereocenters. The molecule has 74 valence electrons. The van der Waals surface area contributed by atoms with Gasteiger partial charge < -0.3 is 5.11 Å². The van der Waals surface area contributed by atoms with Crippen LogP contribution in [0.1, 0.15) is 39.5 Å². The van der Waals surface area contributed by atoms with Crippen LogP contribution in [0.5, 0.6) is 0 Å². The summed E-state index contributed by atoms with van der Waals surface area (Å²) < 4.78 is 0. The predicted molar refractivity (Wildman–Crippen MR) is 56.5 cm³/mol. The van der Waals surface area contributed by atoms with Crippen LogP contribution >= 0.6 is 0 Å². The van der Waals surface area contributed by atoms with E-state index in [1.807, 2.05) is 0 Å². The van der Waals surface area contributed by atoms with E-state index in [0.29, 0.717) is 5.92 Å². The summed E-state index contributed by atoms with van der Waals surface area (Å²) in [7, 11) is 0. The Bertz CT molecular complexity index is 203. The van der Waals surface area contributed by atoms with Crippen molar-refractivity contribution < 1.29 is 5.11 Å². The second kappa shape index (κ2) is 5.23. The zero-order chi connectivity index (χ0) is 9.68. The van der Waals surface area contributed by atoms with Crippen molar-refractivity contribution in [2.45, 2.75) is 45.6 Å². The first-order valence-corrected chi connectivity index (χ1v) is 5.20. The lowest BCUT2D eigenvalue weighted by molar-refractivity contribution is 0.158. The maximum Gasteiger partial charge on any atom is 0.0574 e. The number of rotatable bonds is 0. The predicted octanol–water partition coefficient (Wildman–Crippen LogP) is 3.06. The van der Waals surface area contributed by atoms with Crippen molar-refractivity contribution in [1.29, 1.82) is 0 Å². The van der Waals surface area contributed by atoms with E-state index >= 15 is 0 Å². The third-order valence-electron chi connectivity index (χ3n) is 2.62. The standard InChI is InChI=1S/C12H20O/c1-10-4-3-5-12(13)9-8-11(2)7-6-10/h3-4,6,11-13H,5,7-9H2,1-2H3. The minimum absolute atomic E-state index is 0.135. The molecule has 0 bridgehead atoms. The first-order chi connectivity index (χ1) is 6.18. The van der Waals surface area contributed by atoms with Gasteiger partial charge in [0.2, 0.25) is 0 Å². The highest BCUT2D eigenvalue weighted by atomic mass is 16.3. The van der Waals surface area contributed by atoms with Gasteiger partial charge >= 0.3 is 0 Å². The van der Waals surface area contributed by atoms with Gasteiger partial charge in [-0.15, -0.1) is 0 Å². The Morgan fingerprint density at radius 2 is 2.08 bits per heavy atom. The normalized spacial score (nSPS) is 31.2. The van der Waals surface area contributed by atoms with Crippen molar-refractivity contribution in [2.75, 3.05) is 0 Å². The van der Waals surface area contributed by atoms with Crippen molar-refractivity contribution in [1.82, 2.24) is 0 Å². The van der Waals surface area contributed by atoms with E-state index in [9.17, 15) is 5.11 Å². The minimum atomic E-state index is -0.135. The fourth-order valence-corrected chi connectivity index (χ4v) is 1.58. The fourth-order valence-electron chi connectivity index (χ4n) is 1.58. The van der Waals surface area contributed by atoms with Crippen LogP contribution in [0.4, 0.5) is 0 Å². The van der Waals surface area contributed by atoms with Gasteiger partial charge in [-0.1, -0.05) is 30.7 Å². The van der Waals surface area contributed by atoms with Crippen LogP contribution in [-0.2, 0) is 0 Å². The van der Waals surface area contributed by atoms with Gasteiger partial charge in [-0.25, -0.2) is 0 Å². The molecule has 0 saturated carbocycles. The number of aliphatic hydroxyl groups excluding tert-OH is 1. The molecule has 0 aromatic carbocycles. The lowest BCUT2D eigenvalue weighted by Crippen LogP contribution is -2.08. The van der Waals surface area contributed by atoms with Gasteiger partial charge in [-0.3, -0.25) is 0 Å². The highest BCUT2D eigenvalue weighted by Gasteiger charge is 2.07. The summed E-state index contributed by atoms with van der Waals surface area (Å²) in [6.45, 7) is 4.37. The van der Waals surface area contributed by atoms with Gasteiger partial charge in [0.05, 0.1) is 6.10 Å². The Labute approximate surface area is 81.2 Å². The molecule has 0 aliphatic heterocycles. The summed E-state index contributed by atoms with van der Waals surface area (Å²) in [6, 6.07) is 0. The molecule has 0 saturated heterocycles. The summed E-state index contributed by atoms with van der Waals surface area (Å²) in [5, 5.41) is 9.56. The zero-order valence-electron chi connectivity index (χ0n) is 8.66. The van der Waals surface area contributed by atoms with Crippen molar-refractivity contribution in [3.63, 3.8) is 0 Å². The molecule has 0 amide bonds. The third-order valence-corrected chi connectivity index (χ3v) is 2.62. The van der Waals surface area contributed by atoms with E-state index in [1.165, 1.54) is 5.57 Å². The molecule has 0 fully saturated rings. The van der Waals surface area contributed by atoms with Gasteiger partial charge in [0.1, 0.15) is 0 Å². The zero-order valence-corrected chi connectivity index (χ0v) is 8.66. The quantitative estimate of drug-likeness (QED) is 0.607. The first kappa shape index (κ1) is 10.5. The average Bonchev–Trinajstić information content (AvgIpc) is 2.10. The Kier molecular flexibility index (Phi) is 4.23. The molecule has 1 aliphatic carbocycles. The molecule has 1 aliphatic rings. The second-order valence-electron chi connectivity index (χ2n) is 4.16. The van der Waals surface area contributed by atoms with Crippen molar-refractivity contribution in [3.05, 3.63) is 23.8 Å². The second-order valence-corrected chi connectivity index (χ2v) is 4.16. The Hall–Kier alpha value is -0.560. The van der Waals surface area contributed by atoms with Crippen LogP contribution in [-0.4, -0.2) is 11.2 Å². The van der Waals surface area contributed by atoms with Gasteiger partial charge in [0, 0.05) is 0 Å². The monoisotopic (exact) mass is 180 g/mol. The van der Waals surface area contributed by atoms with Crippen LogP contribution in [0.25, 0.3) is 0 Å². The highest BCUT2D eigenvalue weighted by molar-refractivity contribution is 5.16. The highest BCUT2D eigenvalue weighted by Crippen LogP contribution is 2.17. The maximum atomic E-state index is 9.56. The van der Waals surface area contributed by atoms with Gasteiger partial charge in [-0.2, -0.15) is 0 Å². The van der Waals surface area contributed by atoms with E-state index in [0.717, 1.165) is 25.7 Å². The van der Waals surface area contributed by atoms with Crippen molar-refractivity contribution in [2.24, 2.45) is 5.92 Å². The molecule has 0 radical (unpaired) electrons. The molecule has 0 heterocycles. The van der Waals surface area contributed by atoms with E-state index < -0.39 is 0 Å². The fraction of sp³-hybridized carbons (Fsp3) is 0.667. The summed E-state index contributed by atoms with van der Waals surface area (Å²) in [6.07, 6.45) is 10.4. The van der Waals surface area contributed by atoms with E-state index in [2.05, 4.69) is 32.1 Å². The molecule has 1 heteroatoms. The number of hydrogen-bond donors (Lipinski definition) is 1. The summed E-state index contributed by atoms with van der Waals surface area (Å²) in [5.41, 5.74) is 1.32. The van der Waals surface area contributed by atoms with Crippen LogP contribution in [0, 0.1) is 5.92 Å². The number of hydrogen-bond acceptors (Lipinski definition) is 1. The molecule has 1 nitrogen and oxygen atoms in total. The van der Waals surface area contributed by atoms with Crippen LogP contribution in [0.3, 0.4) is 0 Å². The lowest BCUT2D eigenvalue weighted by Gasteiger charge is -2.13. The molecule has 0 spiro atoms. The topological polar surface area (TPSA) is 20.2 Å². The Morgan fingerprint density at radius 3 is 2.85 bits per heavy atom. The third kappa shape index (κ3) is 4.28. The SMILES string of the molecule is CC1=CCC(C)CCC(O)CC=C1. The van der Waals surface area contributed by atoms with Gasteiger partial charge in [-0.05, 0) is 38.5 Å².